The van der Waals surface area contributed by atoms with Crippen LogP contribution in [-0.4, -0.2) is 42.6 Å². The summed E-state index contributed by atoms with van der Waals surface area (Å²) >= 11 is 0. The maximum absolute atomic E-state index is 13.1. The third kappa shape index (κ3) is 8.15. The number of amides is 3. The van der Waals surface area contributed by atoms with Gasteiger partial charge in [0.05, 0.1) is 6.04 Å². The van der Waals surface area contributed by atoms with Crippen LogP contribution in [0.2, 0.25) is 0 Å². The summed E-state index contributed by atoms with van der Waals surface area (Å²) in [5.74, 6) is -0.693. The highest BCUT2D eigenvalue weighted by Crippen LogP contribution is 2.27. The number of hydrogen-bond acceptors (Lipinski definition) is 4. The average Bonchev–Trinajstić information content (AvgIpc) is 2.84. The van der Waals surface area contributed by atoms with Crippen LogP contribution in [0.4, 0.5) is 0 Å². The van der Waals surface area contributed by atoms with E-state index in [0.717, 1.165) is 37.7 Å². The molecule has 7 heteroatoms. The molecule has 3 amide bonds. The van der Waals surface area contributed by atoms with Gasteiger partial charge < -0.3 is 20.7 Å². The first kappa shape index (κ1) is 24.7. The lowest BCUT2D eigenvalue weighted by Crippen LogP contribution is -2.51. The highest BCUT2D eigenvalue weighted by molar-refractivity contribution is 5.96. The van der Waals surface area contributed by atoms with E-state index in [0.29, 0.717) is 31.6 Å². The van der Waals surface area contributed by atoms with Crippen molar-refractivity contribution in [2.75, 3.05) is 6.54 Å². The number of carbonyl (C=O) groups is 4. The zero-order chi connectivity index (χ0) is 23.5. The topological polar surface area (TPSA) is 104 Å². The van der Waals surface area contributed by atoms with Crippen LogP contribution in [0, 0.1) is 11.8 Å². The lowest BCUT2D eigenvalue weighted by Gasteiger charge is -2.28. The van der Waals surface area contributed by atoms with Gasteiger partial charge in [0.25, 0.3) is 0 Å². The van der Waals surface area contributed by atoms with Crippen molar-refractivity contribution >= 4 is 30.1 Å². The summed E-state index contributed by atoms with van der Waals surface area (Å²) in [6, 6.07) is 8.01. The van der Waals surface area contributed by atoms with E-state index in [9.17, 15) is 19.2 Å². The normalized spacial score (nSPS) is 21.1. The molecule has 7 nitrogen and oxygen atoms in total. The molecule has 1 unspecified atom stereocenters. The number of rotatable bonds is 10. The fourth-order valence-corrected chi connectivity index (χ4v) is 4.74. The second-order valence-corrected chi connectivity index (χ2v) is 9.16. The van der Waals surface area contributed by atoms with Crippen molar-refractivity contribution in [2.24, 2.45) is 11.8 Å². The summed E-state index contributed by atoms with van der Waals surface area (Å²) in [4.78, 5) is 49.4. The maximum atomic E-state index is 13.1. The third-order valence-corrected chi connectivity index (χ3v) is 6.58. The summed E-state index contributed by atoms with van der Waals surface area (Å²) in [5, 5.41) is 8.43. The monoisotopic (exact) mass is 453 g/mol. The lowest BCUT2D eigenvalue weighted by molar-refractivity contribution is -0.130. The molecule has 3 atom stereocenters. The number of benzene rings is 1. The molecule has 1 aliphatic heterocycles. The van der Waals surface area contributed by atoms with Crippen molar-refractivity contribution in [1.82, 2.24) is 16.0 Å². The molecule has 33 heavy (non-hydrogen) atoms. The maximum Gasteiger partial charge on any atom is 0.244 e. The van der Waals surface area contributed by atoms with Gasteiger partial charge in [-0.1, -0.05) is 62.4 Å². The molecule has 0 bridgehead atoms. The van der Waals surface area contributed by atoms with Crippen LogP contribution < -0.4 is 16.0 Å². The summed E-state index contributed by atoms with van der Waals surface area (Å²) in [5.41, 5.74) is 0.896. The third-order valence-electron chi connectivity index (χ3n) is 6.58. The van der Waals surface area contributed by atoms with E-state index in [1.807, 2.05) is 30.3 Å². The Bertz CT molecular complexity index is 833. The SMILES string of the molecule is O=C[C@H](CC1CCCNC1=O)NC(=O)[C@H](CC1CCCCC1)NC(=O)/C=C/c1ccccc1. The standard InChI is InChI=1S/C26H35N3O4/c30-18-22(17-21-12-7-15-27-25(21)32)28-26(33)23(16-20-10-5-2-6-11-20)29-24(31)14-13-19-8-3-1-4-9-19/h1,3-4,8-9,13-14,18,20-23H,2,5-7,10-12,15-17H2,(H,27,32)(H,28,33)(H,29,31)/b14-13+/t21?,22-,23-/m0/s1. The van der Waals surface area contributed by atoms with Crippen molar-refractivity contribution in [3.05, 3.63) is 42.0 Å². The summed E-state index contributed by atoms with van der Waals surface area (Å²) in [6.07, 6.45) is 11.8. The van der Waals surface area contributed by atoms with E-state index in [1.165, 1.54) is 12.5 Å². The molecule has 1 aromatic carbocycles. The lowest BCUT2D eigenvalue weighted by atomic mass is 9.84. The molecular formula is C26H35N3O4. The van der Waals surface area contributed by atoms with Gasteiger partial charge in [-0.15, -0.1) is 0 Å². The van der Waals surface area contributed by atoms with E-state index in [4.69, 9.17) is 0 Å². The first-order valence-corrected chi connectivity index (χ1v) is 12.1. The molecule has 178 valence electrons. The highest BCUT2D eigenvalue weighted by atomic mass is 16.2. The Hall–Kier alpha value is -2.96. The molecule has 1 aliphatic carbocycles. The molecular weight excluding hydrogens is 418 g/mol. The highest BCUT2D eigenvalue weighted by Gasteiger charge is 2.30. The fourth-order valence-electron chi connectivity index (χ4n) is 4.74. The quantitative estimate of drug-likeness (QED) is 0.374. The van der Waals surface area contributed by atoms with Crippen LogP contribution in [0.25, 0.3) is 6.08 Å². The van der Waals surface area contributed by atoms with Crippen molar-refractivity contribution < 1.29 is 19.2 Å². The van der Waals surface area contributed by atoms with Crippen LogP contribution in [0.15, 0.2) is 36.4 Å². The van der Waals surface area contributed by atoms with Crippen LogP contribution >= 0.6 is 0 Å². The van der Waals surface area contributed by atoms with E-state index < -0.39 is 12.1 Å². The first-order chi connectivity index (χ1) is 16.0. The van der Waals surface area contributed by atoms with Gasteiger partial charge in [-0.3, -0.25) is 14.4 Å². The molecule has 3 rings (SSSR count). The molecule has 2 fully saturated rings. The number of carbonyl (C=O) groups excluding carboxylic acids is 4. The Morgan fingerprint density at radius 3 is 2.45 bits per heavy atom. The van der Waals surface area contributed by atoms with Crippen LogP contribution in [0.3, 0.4) is 0 Å². The van der Waals surface area contributed by atoms with Gasteiger partial charge >= 0.3 is 0 Å². The van der Waals surface area contributed by atoms with Gasteiger partial charge in [-0.25, -0.2) is 0 Å². The number of aldehydes is 1. The van der Waals surface area contributed by atoms with Crippen molar-refractivity contribution in [2.45, 2.75) is 69.9 Å². The summed E-state index contributed by atoms with van der Waals surface area (Å²) < 4.78 is 0. The number of nitrogens with one attached hydrogen (secondary N) is 3. The van der Waals surface area contributed by atoms with Crippen LogP contribution in [0.5, 0.6) is 0 Å². The molecule has 1 saturated carbocycles. The Balaban J connectivity index is 1.62. The molecule has 0 spiro atoms. The molecule has 1 saturated heterocycles. The average molecular weight is 454 g/mol. The predicted octanol–water partition coefficient (Wildman–Crippen LogP) is 2.76. The van der Waals surface area contributed by atoms with Crippen LogP contribution in [0.1, 0.15) is 63.4 Å². The van der Waals surface area contributed by atoms with E-state index >= 15 is 0 Å². The van der Waals surface area contributed by atoms with Gasteiger partial charge in [0.1, 0.15) is 12.3 Å². The predicted molar refractivity (Wildman–Crippen MR) is 127 cm³/mol. The van der Waals surface area contributed by atoms with Gasteiger partial charge in [-0.2, -0.15) is 0 Å². The van der Waals surface area contributed by atoms with Gasteiger partial charge in [-0.05, 0) is 43.2 Å². The zero-order valence-electron chi connectivity index (χ0n) is 19.1. The van der Waals surface area contributed by atoms with E-state index in [2.05, 4.69) is 16.0 Å². The summed E-state index contributed by atoms with van der Waals surface area (Å²) in [6.45, 7) is 0.652. The molecule has 2 aliphatic rings. The Kier molecular flexibility index (Phi) is 9.66. The number of hydrogen-bond donors (Lipinski definition) is 3. The second kappa shape index (κ2) is 12.9. The molecule has 1 heterocycles. The van der Waals surface area contributed by atoms with Crippen molar-refractivity contribution in [3.63, 3.8) is 0 Å². The summed E-state index contributed by atoms with van der Waals surface area (Å²) in [7, 11) is 0. The minimum atomic E-state index is -0.753. The smallest absolute Gasteiger partial charge is 0.244 e. The Morgan fingerprint density at radius 2 is 1.76 bits per heavy atom. The Labute approximate surface area is 195 Å². The number of piperidine rings is 1. The second-order valence-electron chi connectivity index (χ2n) is 9.16. The van der Waals surface area contributed by atoms with Crippen molar-refractivity contribution in [3.8, 4) is 0 Å². The largest absolute Gasteiger partial charge is 0.356 e. The van der Waals surface area contributed by atoms with Crippen molar-refractivity contribution in [1.29, 1.82) is 0 Å². The van der Waals surface area contributed by atoms with Crippen LogP contribution in [-0.2, 0) is 19.2 Å². The van der Waals surface area contributed by atoms with E-state index in [-0.39, 0.29) is 30.1 Å². The Morgan fingerprint density at radius 1 is 1.00 bits per heavy atom. The first-order valence-electron chi connectivity index (χ1n) is 12.1. The fraction of sp³-hybridized carbons (Fsp3) is 0.538. The molecule has 3 N–H and O–H groups in total. The molecule has 1 aromatic rings. The van der Waals surface area contributed by atoms with Gasteiger partial charge in [0, 0.05) is 18.5 Å². The molecule has 0 aromatic heterocycles. The molecule has 0 radical (unpaired) electrons. The van der Waals surface area contributed by atoms with E-state index in [1.54, 1.807) is 6.08 Å². The minimum absolute atomic E-state index is 0.0690. The van der Waals surface area contributed by atoms with Gasteiger partial charge in [0.15, 0.2) is 0 Å². The zero-order valence-corrected chi connectivity index (χ0v) is 19.1. The van der Waals surface area contributed by atoms with Gasteiger partial charge in [0.2, 0.25) is 17.7 Å². The minimum Gasteiger partial charge on any atom is -0.356 e.